The van der Waals surface area contributed by atoms with Crippen LogP contribution in [0.25, 0.3) is 0 Å². The predicted octanol–water partition coefficient (Wildman–Crippen LogP) is 1.53. The normalized spacial score (nSPS) is 17.9. The highest BCUT2D eigenvalue weighted by Gasteiger charge is 2.11. The van der Waals surface area contributed by atoms with E-state index in [1.165, 1.54) is 5.71 Å². The van der Waals surface area contributed by atoms with Crippen LogP contribution in [0.1, 0.15) is 27.7 Å². The lowest BCUT2D eigenvalue weighted by atomic mass is 9.98. The molecule has 0 unspecified atom stereocenters. The molecule has 0 aromatic carbocycles. The Morgan fingerprint density at radius 1 is 1.19 bits per heavy atom. The molecule has 0 saturated carbocycles. The van der Waals surface area contributed by atoms with Crippen molar-refractivity contribution in [1.29, 1.82) is 0 Å². The van der Waals surface area contributed by atoms with Crippen molar-refractivity contribution in [3.63, 3.8) is 0 Å². The molecule has 1 aliphatic heterocycles. The summed E-state index contributed by atoms with van der Waals surface area (Å²) in [6.45, 7) is 13.3. The first-order valence-corrected chi connectivity index (χ1v) is 6.21. The Bertz CT molecular complexity index is 210. The van der Waals surface area contributed by atoms with E-state index in [1.807, 2.05) is 0 Å². The number of nitrogens with one attached hydrogen (secondary N) is 1. The third kappa shape index (κ3) is 4.49. The van der Waals surface area contributed by atoms with Crippen molar-refractivity contribution in [3.8, 4) is 0 Å². The number of ether oxygens (including phenoxy) is 1. The Balaban J connectivity index is 2.32. The molecular formula is C12H25N3O. The SMILES string of the molecule is CC(C)C(=NNCN1CCOCC1)C(C)C. The van der Waals surface area contributed by atoms with Crippen LogP contribution in [0.4, 0.5) is 0 Å². The van der Waals surface area contributed by atoms with Gasteiger partial charge in [0, 0.05) is 18.8 Å². The van der Waals surface area contributed by atoms with Crippen LogP contribution in [0.2, 0.25) is 0 Å². The maximum Gasteiger partial charge on any atom is 0.0850 e. The number of hydrogen-bond donors (Lipinski definition) is 1. The average molecular weight is 227 g/mol. The molecule has 0 aromatic heterocycles. The molecule has 1 aliphatic rings. The van der Waals surface area contributed by atoms with Gasteiger partial charge in [-0.25, -0.2) is 0 Å². The lowest BCUT2D eigenvalue weighted by Gasteiger charge is -2.26. The van der Waals surface area contributed by atoms with Crippen LogP contribution >= 0.6 is 0 Å². The van der Waals surface area contributed by atoms with E-state index in [4.69, 9.17) is 4.74 Å². The highest BCUT2D eigenvalue weighted by atomic mass is 16.5. The zero-order valence-corrected chi connectivity index (χ0v) is 11.0. The summed E-state index contributed by atoms with van der Waals surface area (Å²) in [6, 6.07) is 0. The molecule has 0 atom stereocenters. The second kappa shape index (κ2) is 6.86. The summed E-state index contributed by atoms with van der Waals surface area (Å²) in [5.74, 6) is 1.02. The minimum atomic E-state index is 0.511. The van der Waals surface area contributed by atoms with Gasteiger partial charge in [-0.3, -0.25) is 10.3 Å². The molecule has 4 heteroatoms. The topological polar surface area (TPSA) is 36.9 Å². The number of hydrazone groups is 1. The number of rotatable bonds is 5. The second-order valence-corrected chi connectivity index (χ2v) is 4.89. The van der Waals surface area contributed by atoms with Crippen molar-refractivity contribution in [3.05, 3.63) is 0 Å². The Morgan fingerprint density at radius 2 is 1.75 bits per heavy atom. The van der Waals surface area contributed by atoms with Gasteiger partial charge in [0.1, 0.15) is 0 Å². The summed E-state index contributed by atoms with van der Waals surface area (Å²) in [5, 5.41) is 4.50. The van der Waals surface area contributed by atoms with Crippen LogP contribution in [0.15, 0.2) is 5.10 Å². The zero-order valence-electron chi connectivity index (χ0n) is 11.0. The molecule has 0 radical (unpaired) electrons. The van der Waals surface area contributed by atoms with Gasteiger partial charge in [0.25, 0.3) is 0 Å². The molecule has 1 rings (SSSR count). The summed E-state index contributed by atoms with van der Waals surface area (Å²) in [4.78, 5) is 2.32. The first kappa shape index (κ1) is 13.5. The Morgan fingerprint density at radius 3 is 2.25 bits per heavy atom. The van der Waals surface area contributed by atoms with Crippen molar-refractivity contribution < 1.29 is 4.74 Å². The molecule has 0 spiro atoms. The molecule has 1 heterocycles. The van der Waals surface area contributed by atoms with E-state index in [0.717, 1.165) is 33.0 Å². The summed E-state index contributed by atoms with van der Waals surface area (Å²) < 4.78 is 5.30. The lowest BCUT2D eigenvalue weighted by molar-refractivity contribution is 0.0343. The highest BCUT2D eigenvalue weighted by molar-refractivity contribution is 5.87. The fourth-order valence-electron chi connectivity index (χ4n) is 1.91. The van der Waals surface area contributed by atoms with E-state index in [-0.39, 0.29) is 0 Å². The van der Waals surface area contributed by atoms with Gasteiger partial charge in [0.15, 0.2) is 0 Å². The molecule has 0 bridgehead atoms. The summed E-state index contributed by atoms with van der Waals surface area (Å²) in [5.41, 5.74) is 4.42. The van der Waals surface area contributed by atoms with Gasteiger partial charge in [0.2, 0.25) is 0 Å². The van der Waals surface area contributed by atoms with Gasteiger partial charge < -0.3 is 4.74 Å². The van der Waals surface area contributed by atoms with Crippen LogP contribution < -0.4 is 5.43 Å². The van der Waals surface area contributed by atoms with Gasteiger partial charge >= 0.3 is 0 Å². The smallest absolute Gasteiger partial charge is 0.0850 e. The fourth-order valence-corrected chi connectivity index (χ4v) is 1.91. The highest BCUT2D eigenvalue weighted by Crippen LogP contribution is 2.07. The Kier molecular flexibility index (Phi) is 5.77. The van der Waals surface area contributed by atoms with E-state index in [2.05, 4.69) is 43.1 Å². The molecule has 4 nitrogen and oxygen atoms in total. The average Bonchev–Trinajstić information content (AvgIpc) is 2.24. The number of morpholine rings is 1. The summed E-state index contributed by atoms with van der Waals surface area (Å²) >= 11 is 0. The van der Waals surface area contributed by atoms with Crippen molar-refractivity contribution in [1.82, 2.24) is 10.3 Å². The summed E-state index contributed by atoms with van der Waals surface area (Å²) in [7, 11) is 0. The maximum absolute atomic E-state index is 5.30. The predicted molar refractivity (Wildman–Crippen MR) is 67.5 cm³/mol. The minimum Gasteiger partial charge on any atom is -0.379 e. The molecule has 1 N–H and O–H groups in total. The van der Waals surface area contributed by atoms with E-state index in [0.29, 0.717) is 11.8 Å². The Labute approximate surface area is 99.0 Å². The van der Waals surface area contributed by atoms with Crippen LogP contribution in [0.5, 0.6) is 0 Å². The first-order chi connectivity index (χ1) is 7.61. The van der Waals surface area contributed by atoms with E-state index in [1.54, 1.807) is 0 Å². The quantitative estimate of drug-likeness (QED) is 0.572. The van der Waals surface area contributed by atoms with Crippen LogP contribution in [0.3, 0.4) is 0 Å². The second-order valence-electron chi connectivity index (χ2n) is 4.89. The van der Waals surface area contributed by atoms with Crippen molar-refractivity contribution in [2.75, 3.05) is 33.0 Å². The van der Waals surface area contributed by atoms with Gasteiger partial charge in [-0.1, -0.05) is 27.7 Å². The zero-order chi connectivity index (χ0) is 12.0. The van der Waals surface area contributed by atoms with E-state index < -0.39 is 0 Å². The Hall–Kier alpha value is -0.610. The van der Waals surface area contributed by atoms with E-state index in [9.17, 15) is 0 Å². The lowest BCUT2D eigenvalue weighted by Crippen LogP contribution is -2.41. The van der Waals surface area contributed by atoms with Crippen molar-refractivity contribution >= 4 is 5.71 Å². The molecule has 0 aliphatic carbocycles. The largest absolute Gasteiger partial charge is 0.379 e. The number of hydrogen-bond acceptors (Lipinski definition) is 4. The standard InChI is InChI=1S/C12H25N3O/c1-10(2)12(11(3)4)14-13-9-15-5-7-16-8-6-15/h10-11,13H,5-9H2,1-4H3. The van der Waals surface area contributed by atoms with Gasteiger partial charge in [-0.05, 0) is 11.8 Å². The van der Waals surface area contributed by atoms with Gasteiger partial charge in [-0.15, -0.1) is 0 Å². The van der Waals surface area contributed by atoms with Crippen LogP contribution in [0, 0.1) is 11.8 Å². The maximum atomic E-state index is 5.30. The van der Waals surface area contributed by atoms with Crippen LogP contribution in [-0.4, -0.2) is 43.6 Å². The molecule has 1 fully saturated rings. The molecule has 16 heavy (non-hydrogen) atoms. The molecule has 0 aromatic rings. The fraction of sp³-hybridized carbons (Fsp3) is 0.917. The first-order valence-electron chi connectivity index (χ1n) is 6.21. The minimum absolute atomic E-state index is 0.511. The monoisotopic (exact) mass is 227 g/mol. The van der Waals surface area contributed by atoms with Gasteiger partial charge in [-0.2, -0.15) is 5.10 Å². The third-order valence-electron chi connectivity index (χ3n) is 2.79. The molecular weight excluding hydrogens is 202 g/mol. The molecule has 1 saturated heterocycles. The molecule has 94 valence electrons. The summed E-state index contributed by atoms with van der Waals surface area (Å²) in [6.07, 6.45) is 0. The number of nitrogens with zero attached hydrogens (tertiary/aromatic N) is 2. The van der Waals surface area contributed by atoms with Crippen molar-refractivity contribution in [2.45, 2.75) is 27.7 Å². The van der Waals surface area contributed by atoms with Crippen LogP contribution in [-0.2, 0) is 4.74 Å². The van der Waals surface area contributed by atoms with Crippen molar-refractivity contribution in [2.24, 2.45) is 16.9 Å². The van der Waals surface area contributed by atoms with Gasteiger partial charge in [0.05, 0.1) is 19.9 Å². The van der Waals surface area contributed by atoms with E-state index >= 15 is 0 Å². The third-order valence-corrected chi connectivity index (χ3v) is 2.79. The molecule has 0 amide bonds.